The molecule has 0 aliphatic heterocycles. The lowest BCUT2D eigenvalue weighted by Gasteiger charge is -2.27. The summed E-state index contributed by atoms with van der Waals surface area (Å²) in [6.07, 6.45) is 3.55. The number of rotatable bonds is 4. The average Bonchev–Trinajstić information content (AvgIpc) is 3.25. The molecule has 7 nitrogen and oxygen atoms in total. The van der Waals surface area contributed by atoms with Crippen LogP contribution < -0.4 is 11.1 Å². The van der Waals surface area contributed by atoms with Crippen LogP contribution in [-0.2, 0) is 17.4 Å². The van der Waals surface area contributed by atoms with Gasteiger partial charge in [-0.1, -0.05) is 29.5 Å². The minimum absolute atomic E-state index is 0.0344. The topological polar surface area (TPSA) is 98.7 Å². The molecule has 138 valence electrons. The van der Waals surface area contributed by atoms with E-state index in [0.717, 1.165) is 37.5 Å². The number of fused-ring (bicyclic) bond motifs is 3. The third-order valence-corrected chi connectivity index (χ3v) is 5.58. The Balaban J connectivity index is 1.79. The van der Waals surface area contributed by atoms with Gasteiger partial charge in [0.1, 0.15) is 20.9 Å². The molecule has 27 heavy (non-hydrogen) atoms. The molecule has 0 atom stereocenters. The van der Waals surface area contributed by atoms with E-state index in [0.29, 0.717) is 0 Å². The summed E-state index contributed by atoms with van der Waals surface area (Å²) in [5.41, 5.74) is 9.55. The summed E-state index contributed by atoms with van der Waals surface area (Å²) >= 11 is 1.54. The molecule has 1 aromatic carbocycles. The SMILES string of the molecule is Cn1cnc2cnc3sc(-c4cccc(C(C)(C)NC(=O)CN)c4)nc3c21. The summed E-state index contributed by atoms with van der Waals surface area (Å²) < 4.78 is 1.96. The molecule has 3 aromatic heterocycles. The van der Waals surface area contributed by atoms with Crippen LogP contribution in [0.4, 0.5) is 0 Å². The first kappa shape index (κ1) is 17.6. The summed E-state index contributed by atoms with van der Waals surface area (Å²) in [5, 5.41) is 3.83. The van der Waals surface area contributed by atoms with Crippen molar-refractivity contribution < 1.29 is 4.79 Å². The summed E-state index contributed by atoms with van der Waals surface area (Å²) in [4.78, 5) is 26.3. The van der Waals surface area contributed by atoms with Crippen LogP contribution in [0.2, 0.25) is 0 Å². The number of thiazole rings is 1. The van der Waals surface area contributed by atoms with Crippen LogP contribution in [0, 0.1) is 0 Å². The highest BCUT2D eigenvalue weighted by atomic mass is 32.1. The Morgan fingerprint density at radius 1 is 1.33 bits per heavy atom. The van der Waals surface area contributed by atoms with Gasteiger partial charge in [0.2, 0.25) is 5.91 Å². The zero-order valence-corrected chi connectivity index (χ0v) is 16.2. The van der Waals surface area contributed by atoms with Crippen LogP contribution in [-0.4, -0.2) is 32.0 Å². The van der Waals surface area contributed by atoms with Gasteiger partial charge in [0.05, 0.1) is 30.1 Å². The molecule has 0 saturated carbocycles. The van der Waals surface area contributed by atoms with Gasteiger partial charge in [0.15, 0.2) is 0 Å². The number of carbonyl (C=O) groups excluding carboxylic acids is 1. The first-order valence-corrected chi connectivity index (χ1v) is 9.39. The molecule has 0 spiro atoms. The summed E-state index contributed by atoms with van der Waals surface area (Å²) in [6.45, 7) is 3.88. The molecule has 4 aromatic rings. The maximum Gasteiger partial charge on any atom is 0.234 e. The zero-order valence-electron chi connectivity index (χ0n) is 15.4. The number of nitrogens with two attached hydrogens (primary N) is 1. The Hall–Kier alpha value is -2.84. The third kappa shape index (κ3) is 3.07. The molecular formula is C19H20N6OS. The van der Waals surface area contributed by atoms with E-state index < -0.39 is 5.54 Å². The number of pyridine rings is 1. The molecule has 0 unspecified atom stereocenters. The number of benzene rings is 1. The van der Waals surface area contributed by atoms with Gasteiger partial charge in [-0.15, -0.1) is 0 Å². The van der Waals surface area contributed by atoms with Crippen molar-refractivity contribution in [2.75, 3.05) is 6.54 Å². The summed E-state index contributed by atoms with van der Waals surface area (Å²) in [6, 6.07) is 8.03. The van der Waals surface area contributed by atoms with E-state index in [1.165, 1.54) is 0 Å². The second-order valence-electron chi connectivity index (χ2n) is 6.98. The molecule has 0 saturated heterocycles. The molecule has 0 fully saturated rings. The number of imidazole rings is 1. The minimum Gasteiger partial charge on any atom is -0.346 e. The van der Waals surface area contributed by atoms with Crippen molar-refractivity contribution in [1.29, 1.82) is 0 Å². The number of nitrogens with one attached hydrogen (secondary N) is 1. The average molecular weight is 380 g/mol. The van der Waals surface area contributed by atoms with E-state index in [1.54, 1.807) is 23.9 Å². The van der Waals surface area contributed by atoms with Gasteiger partial charge in [-0.25, -0.2) is 15.0 Å². The molecule has 1 amide bonds. The van der Waals surface area contributed by atoms with Crippen molar-refractivity contribution in [3.63, 3.8) is 0 Å². The lowest BCUT2D eigenvalue weighted by Crippen LogP contribution is -2.43. The van der Waals surface area contributed by atoms with Crippen molar-refractivity contribution in [2.45, 2.75) is 19.4 Å². The van der Waals surface area contributed by atoms with E-state index in [2.05, 4.69) is 21.4 Å². The van der Waals surface area contributed by atoms with E-state index in [1.807, 2.05) is 43.7 Å². The van der Waals surface area contributed by atoms with Gasteiger partial charge in [0, 0.05) is 12.6 Å². The number of aryl methyl sites for hydroxylation is 1. The fraction of sp³-hybridized carbons (Fsp3) is 0.263. The molecule has 0 bridgehead atoms. The maximum absolute atomic E-state index is 11.7. The second kappa shape index (κ2) is 6.40. The van der Waals surface area contributed by atoms with Gasteiger partial charge in [-0.3, -0.25) is 4.79 Å². The maximum atomic E-state index is 11.7. The number of hydrogen-bond donors (Lipinski definition) is 2. The van der Waals surface area contributed by atoms with Crippen molar-refractivity contribution in [3.05, 3.63) is 42.4 Å². The van der Waals surface area contributed by atoms with E-state index in [9.17, 15) is 4.79 Å². The van der Waals surface area contributed by atoms with Crippen molar-refractivity contribution in [2.24, 2.45) is 12.8 Å². The van der Waals surface area contributed by atoms with E-state index >= 15 is 0 Å². The Labute approximate surface area is 160 Å². The molecule has 3 heterocycles. The predicted molar refractivity (Wildman–Crippen MR) is 107 cm³/mol. The largest absolute Gasteiger partial charge is 0.346 e. The Morgan fingerprint density at radius 3 is 2.93 bits per heavy atom. The normalized spacial score (nSPS) is 12.0. The quantitative estimate of drug-likeness (QED) is 0.567. The van der Waals surface area contributed by atoms with E-state index in [4.69, 9.17) is 10.7 Å². The first-order chi connectivity index (χ1) is 12.9. The molecule has 0 aliphatic carbocycles. The highest BCUT2D eigenvalue weighted by Crippen LogP contribution is 2.34. The molecule has 8 heteroatoms. The van der Waals surface area contributed by atoms with Crippen LogP contribution in [0.25, 0.3) is 32.0 Å². The van der Waals surface area contributed by atoms with Gasteiger partial charge >= 0.3 is 0 Å². The summed E-state index contributed by atoms with van der Waals surface area (Å²) in [7, 11) is 1.96. The van der Waals surface area contributed by atoms with E-state index in [-0.39, 0.29) is 12.5 Å². The number of aromatic nitrogens is 4. The molecule has 3 N–H and O–H groups in total. The standard InChI is InChI=1S/C19H20N6OS/c1-19(2,24-14(26)8-20)12-6-4-5-11(7-12)17-23-15-16-13(22-10-25(16)3)9-21-18(15)27-17/h4-7,9-10H,8,20H2,1-3H3,(H,24,26). The van der Waals surface area contributed by atoms with Crippen molar-refractivity contribution >= 4 is 38.6 Å². The highest BCUT2D eigenvalue weighted by molar-refractivity contribution is 7.21. The number of amides is 1. The van der Waals surface area contributed by atoms with Crippen molar-refractivity contribution in [3.8, 4) is 10.6 Å². The summed E-state index contributed by atoms with van der Waals surface area (Å²) in [5.74, 6) is -0.187. The second-order valence-corrected chi connectivity index (χ2v) is 7.96. The molecule has 4 rings (SSSR count). The number of carbonyl (C=O) groups is 1. The van der Waals surface area contributed by atoms with Gasteiger partial charge < -0.3 is 15.6 Å². The Morgan fingerprint density at radius 2 is 2.15 bits per heavy atom. The lowest BCUT2D eigenvalue weighted by atomic mass is 9.93. The van der Waals surface area contributed by atoms with Crippen LogP contribution in [0.1, 0.15) is 19.4 Å². The molecule has 0 aliphatic rings. The number of nitrogens with zero attached hydrogens (tertiary/aromatic N) is 4. The fourth-order valence-electron chi connectivity index (χ4n) is 3.14. The smallest absolute Gasteiger partial charge is 0.234 e. The minimum atomic E-state index is -0.531. The van der Waals surface area contributed by atoms with Crippen LogP contribution in [0.3, 0.4) is 0 Å². The monoisotopic (exact) mass is 380 g/mol. The highest BCUT2D eigenvalue weighted by Gasteiger charge is 2.23. The lowest BCUT2D eigenvalue weighted by molar-refractivity contribution is -0.121. The first-order valence-electron chi connectivity index (χ1n) is 8.57. The van der Waals surface area contributed by atoms with Gasteiger partial charge in [-0.2, -0.15) is 0 Å². The molecule has 0 radical (unpaired) electrons. The van der Waals surface area contributed by atoms with Crippen LogP contribution in [0.15, 0.2) is 36.8 Å². The number of hydrogen-bond acceptors (Lipinski definition) is 6. The van der Waals surface area contributed by atoms with Gasteiger partial charge in [-0.05, 0) is 25.5 Å². The zero-order chi connectivity index (χ0) is 19.2. The Bertz CT molecular complexity index is 1160. The molecular weight excluding hydrogens is 360 g/mol. The van der Waals surface area contributed by atoms with Crippen LogP contribution in [0.5, 0.6) is 0 Å². The van der Waals surface area contributed by atoms with Gasteiger partial charge in [0.25, 0.3) is 0 Å². The van der Waals surface area contributed by atoms with Crippen LogP contribution >= 0.6 is 11.3 Å². The predicted octanol–water partition coefficient (Wildman–Crippen LogP) is 2.55. The fourth-order valence-corrected chi connectivity index (χ4v) is 4.05. The van der Waals surface area contributed by atoms with Crippen molar-refractivity contribution in [1.82, 2.24) is 24.8 Å². The third-order valence-electron chi connectivity index (χ3n) is 4.57. The Kier molecular flexibility index (Phi) is 4.16.